The molecule has 23 heavy (non-hydrogen) atoms. The monoisotopic (exact) mass is 360 g/mol. The maximum Gasteiger partial charge on any atom is 0.237 e. The van der Waals surface area contributed by atoms with Crippen molar-refractivity contribution < 1.29 is 13.2 Å². The molecule has 0 bridgehead atoms. The number of carbonyl (C=O) groups is 1. The van der Waals surface area contributed by atoms with E-state index in [-0.39, 0.29) is 19.0 Å². The molecule has 0 saturated heterocycles. The Hall–Kier alpha value is -1.11. The van der Waals surface area contributed by atoms with Crippen molar-refractivity contribution in [3.8, 4) is 0 Å². The van der Waals surface area contributed by atoms with Gasteiger partial charge in [-0.05, 0) is 24.5 Å². The smallest absolute Gasteiger partial charge is 0.237 e. The van der Waals surface area contributed by atoms with Gasteiger partial charge in [0.2, 0.25) is 15.9 Å². The minimum absolute atomic E-state index is 0.0936. The molecule has 1 amide bonds. The van der Waals surface area contributed by atoms with Gasteiger partial charge in [0.05, 0.1) is 12.8 Å². The topological polar surface area (TPSA) is 57.7 Å². The highest BCUT2D eigenvalue weighted by molar-refractivity contribution is 7.88. The largest absolute Gasteiger partial charge is 0.342 e. The van der Waals surface area contributed by atoms with Crippen molar-refractivity contribution in [1.29, 1.82) is 0 Å². The van der Waals surface area contributed by atoms with Crippen LogP contribution in [0.4, 0.5) is 0 Å². The number of amides is 1. The van der Waals surface area contributed by atoms with E-state index in [1.54, 1.807) is 29.2 Å². The predicted molar refractivity (Wildman–Crippen MR) is 93.9 cm³/mol. The maximum absolute atomic E-state index is 12.4. The van der Waals surface area contributed by atoms with E-state index in [1.807, 2.05) is 13.8 Å². The fraction of sp³-hybridized carbons (Fsp3) is 0.562. The minimum atomic E-state index is -3.51. The van der Waals surface area contributed by atoms with E-state index in [0.717, 1.165) is 19.1 Å². The van der Waals surface area contributed by atoms with Crippen LogP contribution in [0.3, 0.4) is 0 Å². The summed E-state index contributed by atoms with van der Waals surface area (Å²) in [4.78, 5) is 14.2. The first kappa shape index (κ1) is 19.9. The molecule has 130 valence electrons. The number of hydrogen-bond donors (Lipinski definition) is 0. The number of carbonyl (C=O) groups excluding carboxylic acids is 1. The van der Waals surface area contributed by atoms with Crippen molar-refractivity contribution in [1.82, 2.24) is 9.21 Å². The summed E-state index contributed by atoms with van der Waals surface area (Å²) in [7, 11) is -3.51. The summed E-state index contributed by atoms with van der Waals surface area (Å²) in [6.45, 7) is 5.19. The Balaban J connectivity index is 2.91. The number of hydrogen-bond acceptors (Lipinski definition) is 3. The Morgan fingerprint density at radius 2 is 1.70 bits per heavy atom. The number of sulfonamides is 1. The molecular weight excluding hydrogens is 336 g/mol. The summed E-state index contributed by atoms with van der Waals surface area (Å²) in [5.41, 5.74) is 0.685. The van der Waals surface area contributed by atoms with Crippen molar-refractivity contribution >= 4 is 27.5 Å². The first-order chi connectivity index (χ1) is 10.8. The van der Waals surface area contributed by atoms with E-state index in [0.29, 0.717) is 23.7 Å². The van der Waals surface area contributed by atoms with Crippen LogP contribution in [-0.2, 0) is 21.4 Å². The van der Waals surface area contributed by atoms with E-state index < -0.39 is 10.0 Å². The average Bonchev–Trinajstić information content (AvgIpc) is 2.47. The molecule has 7 heteroatoms. The van der Waals surface area contributed by atoms with Crippen molar-refractivity contribution in [2.75, 3.05) is 25.9 Å². The Morgan fingerprint density at radius 3 is 2.17 bits per heavy atom. The first-order valence-electron chi connectivity index (χ1n) is 7.75. The lowest BCUT2D eigenvalue weighted by Gasteiger charge is -2.26. The molecule has 0 N–H and O–H groups in total. The van der Waals surface area contributed by atoms with Crippen molar-refractivity contribution in [2.45, 2.75) is 33.2 Å². The lowest BCUT2D eigenvalue weighted by atomic mass is 10.2. The van der Waals surface area contributed by atoms with Gasteiger partial charge >= 0.3 is 0 Å². The van der Waals surface area contributed by atoms with Crippen LogP contribution < -0.4 is 0 Å². The molecule has 0 spiro atoms. The maximum atomic E-state index is 12.4. The Labute approximate surface area is 144 Å². The minimum Gasteiger partial charge on any atom is -0.342 e. The van der Waals surface area contributed by atoms with Crippen molar-refractivity contribution in [2.24, 2.45) is 0 Å². The molecule has 0 aromatic heterocycles. The van der Waals surface area contributed by atoms with E-state index in [4.69, 9.17) is 11.6 Å². The van der Waals surface area contributed by atoms with Gasteiger partial charge in [-0.2, -0.15) is 4.31 Å². The van der Waals surface area contributed by atoms with Crippen LogP contribution in [-0.4, -0.2) is 49.4 Å². The fourth-order valence-corrected chi connectivity index (χ4v) is 3.17. The van der Waals surface area contributed by atoms with E-state index in [1.165, 1.54) is 4.31 Å². The van der Waals surface area contributed by atoms with Crippen LogP contribution in [0.15, 0.2) is 24.3 Å². The number of halogens is 1. The molecule has 0 aliphatic carbocycles. The molecule has 0 unspecified atom stereocenters. The lowest BCUT2D eigenvalue weighted by Crippen LogP contribution is -2.42. The van der Waals surface area contributed by atoms with Gasteiger partial charge in [-0.1, -0.05) is 43.6 Å². The van der Waals surface area contributed by atoms with Gasteiger partial charge in [-0.3, -0.25) is 4.79 Å². The molecule has 1 rings (SSSR count). The zero-order chi connectivity index (χ0) is 17.5. The van der Waals surface area contributed by atoms with E-state index >= 15 is 0 Å². The molecule has 0 saturated carbocycles. The van der Waals surface area contributed by atoms with Crippen LogP contribution >= 0.6 is 11.6 Å². The highest BCUT2D eigenvalue weighted by Crippen LogP contribution is 2.18. The second-order valence-electron chi connectivity index (χ2n) is 5.50. The summed E-state index contributed by atoms with van der Waals surface area (Å²) < 4.78 is 25.2. The standard InChI is InChI=1S/C16H25ClN2O3S/c1-4-10-18(11-5-2)16(20)13-19(23(3,21)22)12-14-8-6-7-9-15(14)17/h6-9H,4-5,10-13H2,1-3H3. The van der Waals surface area contributed by atoms with Crippen LogP contribution in [0, 0.1) is 0 Å². The van der Waals surface area contributed by atoms with Gasteiger partial charge in [0.25, 0.3) is 0 Å². The second kappa shape index (κ2) is 9.25. The summed E-state index contributed by atoms with van der Waals surface area (Å²) in [5, 5.41) is 0.493. The third-order valence-electron chi connectivity index (χ3n) is 3.42. The van der Waals surface area contributed by atoms with Crippen LogP contribution in [0.25, 0.3) is 0 Å². The summed E-state index contributed by atoms with van der Waals surface area (Å²) in [6.07, 6.45) is 2.80. The summed E-state index contributed by atoms with van der Waals surface area (Å²) >= 11 is 6.10. The van der Waals surface area contributed by atoms with Gasteiger partial charge in [0.15, 0.2) is 0 Å². The van der Waals surface area contributed by atoms with Gasteiger partial charge in [0, 0.05) is 24.7 Å². The molecule has 0 radical (unpaired) electrons. The van der Waals surface area contributed by atoms with Gasteiger partial charge in [0.1, 0.15) is 0 Å². The highest BCUT2D eigenvalue weighted by Gasteiger charge is 2.23. The van der Waals surface area contributed by atoms with Gasteiger partial charge < -0.3 is 4.90 Å². The molecule has 1 aromatic rings. The lowest BCUT2D eigenvalue weighted by molar-refractivity contribution is -0.131. The first-order valence-corrected chi connectivity index (χ1v) is 9.98. The van der Waals surface area contributed by atoms with Gasteiger partial charge in [-0.15, -0.1) is 0 Å². The number of rotatable bonds is 9. The Morgan fingerprint density at radius 1 is 1.13 bits per heavy atom. The van der Waals surface area contributed by atoms with E-state index in [9.17, 15) is 13.2 Å². The zero-order valence-corrected chi connectivity index (χ0v) is 15.5. The fourth-order valence-electron chi connectivity index (χ4n) is 2.26. The number of nitrogens with zero attached hydrogens (tertiary/aromatic N) is 2. The third kappa shape index (κ3) is 6.49. The van der Waals surface area contributed by atoms with Crippen molar-refractivity contribution in [3.63, 3.8) is 0 Å². The molecule has 1 aromatic carbocycles. The molecular formula is C16H25ClN2O3S. The zero-order valence-electron chi connectivity index (χ0n) is 14.0. The van der Waals surface area contributed by atoms with E-state index in [2.05, 4.69) is 0 Å². The molecule has 5 nitrogen and oxygen atoms in total. The Bertz CT molecular complexity index is 614. The van der Waals surface area contributed by atoms with Crippen LogP contribution in [0.1, 0.15) is 32.3 Å². The molecule has 0 heterocycles. The van der Waals surface area contributed by atoms with Crippen LogP contribution in [0.5, 0.6) is 0 Å². The van der Waals surface area contributed by atoms with Crippen LogP contribution in [0.2, 0.25) is 5.02 Å². The summed E-state index contributed by atoms with van der Waals surface area (Å²) in [5.74, 6) is -0.175. The second-order valence-corrected chi connectivity index (χ2v) is 7.89. The summed E-state index contributed by atoms with van der Waals surface area (Å²) in [6, 6.07) is 7.05. The average molecular weight is 361 g/mol. The highest BCUT2D eigenvalue weighted by atomic mass is 35.5. The molecule has 0 aliphatic rings. The molecule has 0 fully saturated rings. The van der Waals surface area contributed by atoms with Gasteiger partial charge in [-0.25, -0.2) is 8.42 Å². The number of benzene rings is 1. The quantitative estimate of drug-likeness (QED) is 0.680. The normalized spacial score (nSPS) is 11.7. The van der Waals surface area contributed by atoms with Crippen molar-refractivity contribution in [3.05, 3.63) is 34.9 Å². The Kier molecular flexibility index (Phi) is 8.02. The molecule has 0 atom stereocenters. The SMILES string of the molecule is CCCN(CCC)C(=O)CN(Cc1ccccc1Cl)S(C)(=O)=O. The predicted octanol–water partition coefficient (Wildman–Crippen LogP) is 2.75. The third-order valence-corrected chi connectivity index (χ3v) is 4.99. The molecule has 0 aliphatic heterocycles.